The predicted molar refractivity (Wildman–Crippen MR) is 62.7 cm³/mol. The number of amides is 1. The Morgan fingerprint density at radius 3 is 2.88 bits per heavy atom. The van der Waals surface area contributed by atoms with Crippen molar-refractivity contribution in [1.29, 1.82) is 0 Å². The summed E-state index contributed by atoms with van der Waals surface area (Å²) in [5.74, 6) is -0.270. The van der Waals surface area contributed by atoms with E-state index in [-0.39, 0.29) is 18.1 Å². The lowest BCUT2D eigenvalue weighted by Crippen LogP contribution is -2.24. The number of carbonyl (C=O) groups excluding carboxylic acids is 1. The van der Waals surface area contributed by atoms with Gasteiger partial charge in [0, 0.05) is 27.1 Å². The van der Waals surface area contributed by atoms with Crippen LogP contribution >= 0.6 is 0 Å². The number of carbonyl (C=O) groups is 1. The van der Waals surface area contributed by atoms with Gasteiger partial charge in [0.25, 0.3) is 0 Å². The zero-order valence-corrected chi connectivity index (χ0v) is 9.71. The van der Waals surface area contributed by atoms with Crippen LogP contribution in [0.25, 0.3) is 0 Å². The largest absolute Gasteiger partial charge is 0.386 e. The number of pyridine rings is 1. The Hall–Kier alpha value is -2.18. The first-order chi connectivity index (χ1) is 8.02. The van der Waals surface area contributed by atoms with Crippen molar-refractivity contribution in [3.8, 4) is 0 Å². The number of nitro groups is 1. The fraction of sp³-hybridized carbons (Fsp3) is 0.400. The van der Waals surface area contributed by atoms with E-state index in [2.05, 4.69) is 10.3 Å². The van der Waals surface area contributed by atoms with E-state index < -0.39 is 4.92 Å². The first-order valence-electron chi connectivity index (χ1n) is 5.06. The lowest BCUT2D eigenvalue weighted by molar-refractivity contribution is -0.388. The van der Waals surface area contributed by atoms with E-state index in [0.717, 1.165) is 0 Å². The fourth-order valence-electron chi connectivity index (χ4n) is 1.21. The maximum atomic E-state index is 11.3. The molecule has 1 aromatic rings. The van der Waals surface area contributed by atoms with Gasteiger partial charge < -0.3 is 20.3 Å². The van der Waals surface area contributed by atoms with Gasteiger partial charge in [-0.1, -0.05) is 0 Å². The predicted octanol–water partition coefficient (Wildman–Crippen LogP) is 0.880. The number of rotatable bonds is 5. The molecule has 1 aromatic heterocycles. The molecule has 0 spiro atoms. The molecular formula is C10H14N4O3. The van der Waals surface area contributed by atoms with Gasteiger partial charge in [-0.2, -0.15) is 0 Å². The summed E-state index contributed by atoms with van der Waals surface area (Å²) >= 11 is 0. The number of nitrogens with one attached hydrogen (secondary N) is 1. The third-order valence-electron chi connectivity index (χ3n) is 2.11. The van der Waals surface area contributed by atoms with Crippen LogP contribution in [0.2, 0.25) is 0 Å². The summed E-state index contributed by atoms with van der Waals surface area (Å²) in [5.41, 5.74) is 0.323. The van der Waals surface area contributed by atoms with Crippen LogP contribution in [0.3, 0.4) is 0 Å². The number of aromatic nitrogens is 1. The molecule has 0 saturated heterocycles. The molecule has 0 aliphatic carbocycles. The van der Waals surface area contributed by atoms with Crippen molar-refractivity contribution in [2.24, 2.45) is 0 Å². The number of hydrogen-bond acceptors (Lipinski definition) is 5. The minimum absolute atomic E-state index is 0.0379. The second-order valence-corrected chi connectivity index (χ2v) is 3.60. The van der Waals surface area contributed by atoms with Crippen molar-refractivity contribution >= 4 is 17.4 Å². The number of hydrogen-bond donors (Lipinski definition) is 1. The monoisotopic (exact) mass is 238 g/mol. The van der Waals surface area contributed by atoms with Crippen molar-refractivity contribution < 1.29 is 9.72 Å². The van der Waals surface area contributed by atoms with Crippen molar-refractivity contribution in [2.75, 3.05) is 26.0 Å². The molecule has 17 heavy (non-hydrogen) atoms. The highest BCUT2D eigenvalue weighted by Crippen LogP contribution is 2.19. The Bertz CT molecular complexity index is 420. The summed E-state index contributed by atoms with van der Waals surface area (Å²) in [6, 6.07) is 3.16. The summed E-state index contributed by atoms with van der Waals surface area (Å²) in [5, 5.41) is 13.5. The van der Waals surface area contributed by atoms with Crippen molar-refractivity contribution in [3.05, 3.63) is 28.4 Å². The summed E-state index contributed by atoms with van der Waals surface area (Å²) in [6.07, 6.45) is 1.63. The van der Waals surface area contributed by atoms with E-state index in [1.165, 1.54) is 11.1 Å². The fourth-order valence-corrected chi connectivity index (χ4v) is 1.21. The van der Waals surface area contributed by atoms with Crippen LogP contribution in [-0.4, -0.2) is 41.4 Å². The topological polar surface area (TPSA) is 88.4 Å². The molecule has 0 radical (unpaired) electrons. The van der Waals surface area contributed by atoms with E-state index >= 15 is 0 Å². The molecule has 0 unspecified atom stereocenters. The Morgan fingerprint density at radius 1 is 1.59 bits per heavy atom. The van der Waals surface area contributed by atoms with E-state index in [0.29, 0.717) is 12.2 Å². The van der Waals surface area contributed by atoms with Gasteiger partial charge in [-0.05, 0) is 22.0 Å². The first kappa shape index (κ1) is 12.9. The maximum Gasteiger partial charge on any atom is 0.386 e. The zero-order chi connectivity index (χ0) is 12.8. The minimum atomic E-state index is -0.559. The zero-order valence-electron chi connectivity index (χ0n) is 9.71. The molecule has 1 heterocycles. The van der Waals surface area contributed by atoms with Crippen LogP contribution in [0.5, 0.6) is 0 Å². The molecule has 0 saturated carbocycles. The van der Waals surface area contributed by atoms with Gasteiger partial charge >= 0.3 is 5.82 Å². The third-order valence-corrected chi connectivity index (χ3v) is 2.11. The molecule has 1 N–H and O–H groups in total. The average molecular weight is 238 g/mol. The molecule has 92 valence electrons. The molecule has 0 aliphatic rings. The smallest absolute Gasteiger partial charge is 0.378 e. The highest BCUT2D eigenvalue weighted by atomic mass is 16.6. The van der Waals surface area contributed by atoms with Gasteiger partial charge in [0.2, 0.25) is 5.91 Å². The number of nitrogens with zero attached hydrogens (tertiary/aromatic N) is 3. The minimum Gasteiger partial charge on any atom is -0.378 e. The Morgan fingerprint density at radius 2 is 2.29 bits per heavy atom. The van der Waals surface area contributed by atoms with E-state index in [1.807, 2.05) is 0 Å². The highest BCUT2D eigenvalue weighted by molar-refractivity contribution is 5.76. The van der Waals surface area contributed by atoms with Gasteiger partial charge in [0.15, 0.2) is 0 Å². The molecule has 0 bridgehead atoms. The van der Waals surface area contributed by atoms with Crippen molar-refractivity contribution in [1.82, 2.24) is 9.88 Å². The van der Waals surface area contributed by atoms with Crippen molar-refractivity contribution in [3.63, 3.8) is 0 Å². The van der Waals surface area contributed by atoms with Gasteiger partial charge in [-0.25, -0.2) is 0 Å². The molecule has 1 amide bonds. The standard InChI is InChI=1S/C10H14N4O3/c1-13(2)9(15)5-7-11-8-4-3-6-12-10(8)14(16)17/h3-4,6,11H,5,7H2,1-2H3. The summed E-state index contributed by atoms with van der Waals surface area (Å²) < 4.78 is 0. The summed E-state index contributed by atoms with van der Waals surface area (Å²) in [6.45, 7) is 0.337. The molecule has 0 atom stereocenters. The molecule has 0 aromatic carbocycles. The Labute approximate surface area is 98.6 Å². The maximum absolute atomic E-state index is 11.3. The SMILES string of the molecule is CN(C)C(=O)CCNc1cccnc1[N+](=O)[O-]. The molecule has 0 fully saturated rings. The summed E-state index contributed by atoms with van der Waals surface area (Å²) in [7, 11) is 3.32. The van der Waals surface area contributed by atoms with Crippen LogP contribution in [-0.2, 0) is 4.79 Å². The Kier molecular flexibility index (Phi) is 4.38. The van der Waals surface area contributed by atoms with Crippen LogP contribution in [0.15, 0.2) is 18.3 Å². The molecule has 7 heteroatoms. The second-order valence-electron chi connectivity index (χ2n) is 3.60. The third kappa shape index (κ3) is 3.71. The molecular weight excluding hydrogens is 224 g/mol. The van der Waals surface area contributed by atoms with E-state index in [4.69, 9.17) is 0 Å². The lowest BCUT2D eigenvalue weighted by atomic mass is 10.3. The van der Waals surface area contributed by atoms with E-state index in [1.54, 1.807) is 26.2 Å². The summed E-state index contributed by atoms with van der Waals surface area (Å²) in [4.78, 5) is 26.5. The van der Waals surface area contributed by atoms with Crippen LogP contribution in [0.1, 0.15) is 6.42 Å². The molecule has 7 nitrogen and oxygen atoms in total. The second kappa shape index (κ2) is 5.78. The normalized spacial score (nSPS) is 9.76. The molecule has 0 aliphatic heterocycles. The van der Waals surface area contributed by atoms with Crippen molar-refractivity contribution in [2.45, 2.75) is 6.42 Å². The van der Waals surface area contributed by atoms with Gasteiger partial charge in [0.05, 0.1) is 0 Å². The van der Waals surface area contributed by atoms with Gasteiger partial charge in [-0.15, -0.1) is 0 Å². The lowest BCUT2D eigenvalue weighted by Gasteiger charge is -2.10. The average Bonchev–Trinajstić information content (AvgIpc) is 2.29. The van der Waals surface area contributed by atoms with Gasteiger partial charge in [-0.3, -0.25) is 4.79 Å². The van der Waals surface area contributed by atoms with Crippen LogP contribution in [0.4, 0.5) is 11.5 Å². The highest BCUT2D eigenvalue weighted by Gasteiger charge is 2.13. The van der Waals surface area contributed by atoms with Gasteiger partial charge in [0.1, 0.15) is 11.9 Å². The van der Waals surface area contributed by atoms with Crippen LogP contribution < -0.4 is 5.32 Å². The quantitative estimate of drug-likeness (QED) is 0.607. The van der Waals surface area contributed by atoms with Crippen LogP contribution in [0, 0.1) is 10.1 Å². The Balaban J connectivity index is 2.58. The van der Waals surface area contributed by atoms with E-state index in [9.17, 15) is 14.9 Å². The molecule has 1 rings (SSSR count). The number of anilines is 1. The first-order valence-corrected chi connectivity index (χ1v) is 5.06.